The molecule has 5 nitrogen and oxygen atoms in total. The fourth-order valence-electron chi connectivity index (χ4n) is 2.26. The molecule has 0 spiro atoms. The highest BCUT2D eigenvalue weighted by atomic mass is 16.5. The smallest absolute Gasteiger partial charge is 0.137 e. The van der Waals surface area contributed by atoms with E-state index in [-0.39, 0.29) is 0 Å². The molecule has 0 unspecified atom stereocenters. The highest BCUT2D eigenvalue weighted by Gasteiger charge is 2.16. The number of hydrogen-bond donors (Lipinski definition) is 2. The summed E-state index contributed by atoms with van der Waals surface area (Å²) in [5.41, 5.74) is 2.02. The van der Waals surface area contributed by atoms with Crippen molar-refractivity contribution in [3.05, 3.63) is 18.0 Å². The van der Waals surface area contributed by atoms with Gasteiger partial charge >= 0.3 is 0 Å². The highest BCUT2D eigenvalue weighted by molar-refractivity contribution is 5.91. The zero-order valence-electron chi connectivity index (χ0n) is 11.9. The average molecular weight is 262 g/mol. The Labute approximate surface area is 113 Å². The SMILES string of the molecule is CC.Cc1[nH]nc2ccnc(NC3CCOCC3)c12. The third-order valence-corrected chi connectivity index (χ3v) is 3.21. The lowest BCUT2D eigenvalue weighted by atomic mass is 10.1. The number of aromatic nitrogens is 3. The number of anilines is 1. The van der Waals surface area contributed by atoms with Crippen LogP contribution < -0.4 is 5.32 Å². The number of rotatable bonds is 2. The van der Waals surface area contributed by atoms with Crippen LogP contribution in [-0.4, -0.2) is 34.4 Å². The number of H-pyrrole nitrogens is 1. The third-order valence-electron chi connectivity index (χ3n) is 3.21. The van der Waals surface area contributed by atoms with Gasteiger partial charge in [0.25, 0.3) is 0 Å². The molecule has 104 valence electrons. The Hall–Kier alpha value is -1.62. The van der Waals surface area contributed by atoms with Gasteiger partial charge in [0.2, 0.25) is 0 Å². The molecule has 0 radical (unpaired) electrons. The first-order valence-corrected chi connectivity index (χ1v) is 6.98. The molecule has 5 heteroatoms. The molecule has 19 heavy (non-hydrogen) atoms. The molecular weight excluding hydrogens is 240 g/mol. The topological polar surface area (TPSA) is 62.8 Å². The van der Waals surface area contributed by atoms with Crippen molar-refractivity contribution in [2.45, 2.75) is 39.7 Å². The second kappa shape index (κ2) is 6.52. The molecule has 0 atom stereocenters. The first kappa shape index (κ1) is 13.8. The highest BCUT2D eigenvalue weighted by Crippen LogP contribution is 2.24. The Balaban J connectivity index is 0.000000637. The number of pyridine rings is 1. The summed E-state index contributed by atoms with van der Waals surface area (Å²) in [6.07, 6.45) is 3.87. The number of hydrogen-bond acceptors (Lipinski definition) is 4. The van der Waals surface area contributed by atoms with Gasteiger partial charge in [-0.05, 0) is 25.8 Å². The molecule has 0 bridgehead atoms. The van der Waals surface area contributed by atoms with Crippen LogP contribution in [0.1, 0.15) is 32.4 Å². The molecule has 1 fully saturated rings. The second-order valence-corrected chi connectivity index (χ2v) is 4.43. The third kappa shape index (κ3) is 3.04. The lowest BCUT2D eigenvalue weighted by molar-refractivity contribution is 0.0904. The van der Waals surface area contributed by atoms with Gasteiger partial charge in [0, 0.05) is 31.1 Å². The summed E-state index contributed by atoms with van der Waals surface area (Å²) in [5, 5.41) is 11.8. The fourth-order valence-corrected chi connectivity index (χ4v) is 2.26. The molecule has 3 rings (SSSR count). The molecule has 0 amide bonds. The van der Waals surface area contributed by atoms with Gasteiger partial charge in [-0.15, -0.1) is 0 Å². The molecular formula is C14H22N4O. The van der Waals surface area contributed by atoms with Gasteiger partial charge in [-0.1, -0.05) is 13.8 Å². The van der Waals surface area contributed by atoms with Crippen LogP contribution in [0.2, 0.25) is 0 Å². The van der Waals surface area contributed by atoms with E-state index in [4.69, 9.17) is 4.74 Å². The van der Waals surface area contributed by atoms with Gasteiger partial charge in [0.15, 0.2) is 0 Å². The monoisotopic (exact) mass is 262 g/mol. The Kier molecular flexibility index (Phi) is 4.74. The van der Waals surface area contributed by atoms with Crippen LogP contribution in [0.25, 0.3) is 10.9 Å². The van der Waals surface area contributed by atoms with E-state index in [1.165, 1.54) is 0 Å². The van der Waals surface area contributed by atoms with E-state index in [0.29, 0.717) is 6.04 Å². The number of aromatic amines is 1. The summed E-state index contributed by atoms with van der Waals surface area (Å²) < 4.78 is 5.35. The molecule has 2 aromatic heterocycles. The van der Waals surface area contributed by atoms with Gasteiger partial charge in [0.1, 0.15) is 5.82 Å². The van der Waals surface area contributed by atoms with E-state index >= 15 is 0 Å². The van der Waals surface area contributed by atoms with Crippen LogP contribution in [0.3, 0.4) is 0 Å². The Morgan fingerprint density at radius 2 is 2.05 bits per heavy atom. The van der Waals surface area contributed by atoms with Crippen LogP contribution in [0.15, 0.2) is 12.3 Å². The largest absolute Gasteiger partial charge is 0.381 e. The predicted molar refractivity (Wildman–Crippen MR) is 77.4 cm³/mol. The minimum Gasteiger partial charge on any atom is -0.381 e. The minimum atomic E-state index is 0.455. The van der Waals surface area contributed by atoms with Crippen molar-refractivity contribution in [3.63, 3.8) is 0 Å². The number of aryl methyl sites for hydroxylation is 1. The summed E-state index contributed by atoms with van der Waals surface area (Å²) in [6.45, 7) is 7.68. The summed E-state index contributed by atoms with van der Waals surface area (Å²) in [5.74, 6) is 0.931. The second-order valence-electron chi connectivity index (χ2n) is 4.43. The Morgan fingerprint density at radius 1 is 1.32 bits per heavy atom. The molecule has 0 saturated carbocycles. The van der Waals surface area contributed by atoms with Gasteiger partial charge < -0.3 is 10.1 Å². The van der Waals surface area contributed by atoms with Gasteiger partial charge in [-0.2, -0.15) is 5.10 Å². The Morgan fingerprint density at radius 3 is 2.79 bits per heavy atom. The molecule has 1 aliphatic rings. The lowest BCUT2D eigenvalue weighted by Gasteiger charge is -2.23. The van der Waals surface area contributed by atoms with Crippen molar-refractivity contribution in [2.24, 2.45) is 0 Å². The van der Waals surface area contributed by atoms with E-state index in [0.717, 1.165) is 48.5 Å². The number of ether oxygens (including phenoxy) is 1. The van der Waals surface area contributed by atoms with E-state index < -0.39 is 0 Å². The van der Waals surface area contributed by atoms with E-state index in [9.17, 15) is 0 Å². The molecule has 3 heterocycles. The zero-order chi connectivity index (χ0) is 13.7. The molecule has 1 aliphatic heterocycles. The van der Waals surface area contributed by atoms with Crippen LogP contribution in [0.4, 0.5) is 5.82 Å². The number of nitrogens with zero attached hydrogens (tertiary/aromatic N) is 2. The summed E-state index contributed by atoms with van der Waals surface area (Å²) in [4.78, 5) is 4.42. The van der Waals surface area contributed by atoms with Gasteiger partial charge in [0.05, 0.1) is 10.9 Å². The van der Waals surface area contributed by atoms with Gasteiger partial charge in [-0.25, -0.2) is 4.98 Å². The molecule has 1 saturated heterocycles. The van der Waals surface area contributed by atoms with Crippen molar-refractivity contribution in [1.82, 2.24) is 15.2 Å². The molecule has 0 aliphatic carbocycles. The fraction of sp³-hybridized carbons (Fsp3) is 0.571. The Bertz CT molecular complexity index is 517. The molecule has 2 aromatic rings. The quantitative estimate of drug-likeness (QED) is 0.873. The van der Waals surface area contributed by atoms with Gasteiger partial charge in [-0.3, -0.25) is 5.10 Å². The van der Waals surface area contributed by atoms with E-state index in [1.807, 2.05) is 26.8 Å². The van der Waals surface area contributed by atoms with Crippen molar-refractivity contribution >= 4 is 16.7 Å². The number of nitrogens with one attached hydrogen (secondary N) is 2. The predicted octanol–water partition coefficient (Wildman–Crippen LogP) is 2.88. The molecule has 0 aromatic carbocycles. The summed E-state index contributed by atoms with van der Waals surface area (Å²) in [6, 6.07) is 2.38. The maximum absolute atomic E-state index is 5.35. The average Bonchev–Trinajstić information content (AvgIpc) is 2.85. The van der Waals surface area contributed by atoms with Crippen LogP contribution in [0.5, 0.6) is 0 Å². The van der Waals surface area contributed by atoms with Crippen molar-refractivity contribution in [3.8, 4) is 0 Å². The van der Waals surface area contributed by atoms with Crippen LogP contribution >= 0.6 is 0 Å². The summed E-state index contributed by atoms with van der Waals surface area (Å²) >= 11 is 0. The van der Waals surface area contributed by atoms with E-state index in [1.54, 1.807) is 6.20 Å². The maximum Gasteiger partial charge on any atom is 0.137 e. The standard InChI is InChI=1S/C12H16N4O.C2H6/c1-8-11-10(16-15-8)2-5-13-12(11)14-9-3-6-17-7-4-9;1-2/h2,5,9H,3-4,6-7H2,1H3,(H,13,14)(H,15,16);1-2H3. The van der Waals surface area contributed by atoms with Crippen molar-refractivity contribution in [2.75, 3.05) is 18.5 Å². The van der Waals surface area contributed by atoms with Crippen LogP contribution in [-0.2, 0) is 4.74 Å². The lowest BCUT2D eigenvalue weighted by Crippen LogP contribution is -2.28. The minimum absolute atomic E-state index is 0.455. The normalized spacial score (nSPS) is 15.9. The first-order valence-electron chi connectivity index (χ1n) is 6.98. The van der Waals surface area contributed by atoms with Crippen molar-refractivity contribution in [1.29, 1.82) is 0 Å². The zero-order valence-corrected chi connectivity index (χ0v) is 11.9. The van der Waals surface area contributed by atoms with E-state index in [2.05, 4.69) is 20.5 Å². The first-order chi connectivity index (χ1) is 9.34. The van der Waals surface area contributed by atoms with Crippen LogP contribution in [0, 0.1) is 6.92 Å². The summed E-state index contributed by atoms with van der Waals surface area (Å²) in [7, 11) is 0. The number of fused-ring (bicyclic) bond motifs is 1. The molecule has 2 N–H and O–H groups in total. The van der Waals surface area contributed by atoms with Crippen molar-refractivity contribution < 1.29 is 4.74 Å². The maximum atomic E-state index is 5.35.